The van der Waals surface area contributed by atoms with Crippen molar-refractivity contribution in [1.82, 2.24) is 0 Å². The molecule has 1 N–H and O–H groups in total. The molecule has 1 heterocycles. The molecule has 0 aromatic rings. The first-order valence-corrected chi connectivity index (χ1v) is 6.75. The van der Waals surface area contributed by atoms with Gasteiger partial charge in [-0.3, -0.25) is 0 Å². The smallest absolute Gasteiger partial charge is 0.0771 e. The summed E-state index contributed by atoms with van der Waals surface area (Å²) in [6, 6.07) is 0. The van der Waals surface area contributed by atoms with Crippen LogP contribution in [-0.4, -0.2) is 22.4 Å². The van der Waals surface area contributed by atoms with Crippen molar-refractivity contribution in [2.75, 3.05) is 0 Å². The molecule has 3 rings (SSSR count). The van der Waals surface area contributed by atoms with Gasteiger partial charge in [-0.15, -0.1) is 0 Å². The topological polar surface area (TPSA) is 29.5 Å². The van der Waals surface area contributed by atoms with E-state index >= 15 is 0 Å². The number of rotatable bonds is 0. The summed E-state index contributed by atoms with van der Waals surface area (Å²) in [5, 5.41) is 9.97. The molecule has 3 aliphatic rings. The van der Waals surface area contributed by atoms with Crippen LogP contribution in [0.15, 0.2) is 0 Å². The van der Waals surface area contributed by atoms with Crippen LogP contribution in [0.3, 0.4) is 0 Å². The van der Waals surface area contributed by atoms with E-state index in [2.05, 4.69) is 20.8 Å². The van der Waals surface area contributed by atoms with Crippen LogP contribution in [0.25, 0.3) is 0 Å². The lowest BCUT2D eigenvalue weighted by Crippen LogP contribution is -2.53. The van der Waals surface area contributed by atoms with Gasteiger partial charge in [-0.05, 0) is 57.3 Å². The fourth-order valence-electron chi connectivity index (χ4n) is 4.50. The van der Waals surface area contributed by atoms with E-state index in [1.54, 1.807) is 0 Å². The molecule has 0 aromatic heterocycles. The maximum Gasteiger partial charge on any atom is 0.0771 e. The van der Waals surface area contributed by atoms with E-state index in [0.717, 1.165) is 19.3 Å². The molecule has 0 unspecified atom stereocenters. The summed E-state index contributed by atoms with van der Waals surface area (Å²) in [6.07, 6.45) is 6.59. The lowest BCUT2D eigenvalue weighted by atomic mass is 9.55. The standard InChI is InChI=1S/C14H24O2/c1-12(2)10-4-6-13(3)7-5-11(15)9-14(13,8-10)16-12/h10-11,15H,4-9H2,1-3H3/t10-,11-,13+,14-/m0/s1. The van der Waals surface area contributed by atoms with Gasteiger partial charge in [-0.2, -0.15) is 0 Å². The van der Waals surface area contributed by atoms with Crippen LogP contribution in [0.4, 0.5) is 0 Å². The van der Waals surface area contributed by atoms with E-state index < -0.39 is 0 Å². The van der Waals surface area contributed by atoms with Gasteiger partial charge in [-0.1, -0.05) is 6.92 Å². The number of aliphatic hydroxyl groups is 1. The van der Waals surface area contributed by atoms with E-state index in [4.69, 9.17) is 4.74 Å². The molecule has 4 atom stereocenters. The summed E-state index contributed by atoms with van der Waals surface area (Å²) in [5.41, 5.74) is 0.322. The summed E-state index contributed by atoms with van der Waals surface area (Å²) in [6.45, 7) is 6.86. The van der Waals surface area contributed by atoms with Crippen LogP contribution in [0.1, 0.15) is 59.3 Å². The van der Waals surface area contributed by atoms with Crippen molar-refractivity contribution < 1.29 is 9.84 Å². The quantitative estimate of drug-likeness (QED) is 0.685. The van der Waals surface area contributed by atoms with Crippen molar-refractivity contribution >= 4 is 0 Å². The Morgan fingerprint density at radius 3 is 2.50 bits per heavy atom. The van der Waals surface area contributed by atoms with Crippen molar-refractivity contribution in [3.8, 4) is 0 Å². The highest BCUT2D eigenvalue weighted by Crippen LogP contribution is 2.63. The highest BCUT2D eigenvalue weighted by molar-refractivity contribution is 5.13. The summed E-state index contributed by atoms with van der Waals surface area (Å²) >= 11 is 0. The zero-order valence-electron chi connectivity index (χ0n) is 10.8. The molecule has 0 amide bonds. The Hall–Kier alpha value is -0.0800. The van der Waals surface area contributed by atoms with Crippen LogP contribution < -0.4 is 0 Å². The van der Waals surface area contributed by atoms with Crippen LogP contribution >= 0.6 is 0 Å². The lowest BCUT2D eigenvalue weighted by molar-refractivity contribution is -0.185. The van der Waals surface area contributed by atoms with Gasteiger partial charge in [0.05, 0.1) is 17.3 Å². The summed E-state index contributed by atoms with van der Waals surface area (Å²) in [5.74, 6) is 0.700. The summed E-state index contributed by atoms with van der Waals surface area (Å²) < 4.78 is 6.48. The predicted octanol–water partition coefficient (Wildman–Crippen LogP) is 2.89. The van der Waals surface area contributed by atoms with Gasteiger partial charge >= 0.3 is 0 Å². The molecule has 1 aliphatic heterocycles. The Bertz CT molecular complexity index is 312. The van der Waals surface area contributed by atoms with E-state index in [0.29, 0.717) is 11.3 Å². The van der Waals surface area contributed by atoms with Crippen LogP contribution in [0.5, 0.6) is 0 Å². The largest absolute Gasteiger partial charge is 0.393 e. The van der Waals surface area contributed by atoms with E-state index in [9.17, 15) is 5.11 Å². The molecular weight excluding hydrogens is 200 g/mol. The third kappa shape index (κ3) is 1.26. The molecule has 92 valence electrons. The monoisotopic (exact) mass is 224 g/mol. The molecule has 2 heteroatoms. The number of hydrogen-bond donors (Lipinski definition) is 1. The van der Waals surface area contributed by atoms with Crippen LogP contribution in [-0.2, 0) is 4.74 Å². The lowest BCUT2D eigenvalue weighted by Gasteiger charge is -2.53. The molecular formula is C14H24O2. The SMILES string of the molecule is CC1(C)O[C@@]23C[C@@H](O)CC[C@@]2(C)CC[C@H]1C3. The summed E-state index contributed by atoms with van der Waals surface area (Å²) in [4.78, 5) is 0. The fraction of sp³-hybridized carbons (Fsp3) is 1.00. The van der Waals surface area contributed by atoms with Gasteiger partial charge in [0, 0.05) is 6.42 Å². The maximum atomic E-state index is 9.97. The molecule has 1 spiro atoms. The number of aliphatic hydroxyl groups excluding tert-OH is 1. The Morgan fingerprint density at radius 1 is 1.06 bits per heavy atom. The number of fused-ring (bicyclic) bond motifs is 1. The molecule has 3 fully saturated rings. The second-order valence-corrected chi connectivity index (χ2v) is 7.10. The molecule has 0 radical (unpaired) electrons. The molecule has 2 saturated carbocycles. The third-order valence-corrected chi connectivity index (χ3v) is 5.76. The Balaban J connectivity index is 1.99. The zero-order valence-corrected chi connectivity index (χ0v) is 10.8. The van der Waals surface area contributed by atoms with Crippen LogP contribution in [0, 0.1) is 11.3 Å². The Morgan fingerprint density at radius 2 is 1.75 bits per heavy atom. The normalized spacial score (nSPS) is 54.8. The van der Waals surface area contributed by atoms with E-state index in [1.165, 1.54) is 19.3 Å². The Kier molecular flexibility index (Phi) is 2.09. The van der Waals surface area contributed by atoms with Gasteiger partial charge in [0.2, 0.25) is 0 Å². The van der Waals surface area contributed by atoms with Crippen molar-refractivity contribution in [2.45, 2.75) is 76.6 Å². The fourth-order valence-corrected chi connectivity index (χ4v) is 4.50. The molecule has 0 aromatic carbocycles. The minimum atomic E-state index is -0.138. The van der Waals surface area contributed by atoms with Crippen LogP contribution in [0.2, 0.25) is 0 Å². The van der Waals surface area contributed by atoms with Gasteiger partial charge in [0.15, 0.2) is 0 Å². The van der Waals surface area contributed by atoms with E-state index in [-0.39, 0.29) is 17.3 Å². The first-order chi connectivity index (χ1) is 7.37. The molecule has 2 aliphatic carbocycles. The second-order valence-electron chi connectivity index (χ2n) is 7.10. The van der Waals surface area contributed by atoms with Crippen molar-refractivity contribution in [2.24, 2.45) is 11.3 Å². The number of ether oxygens (including phenoxy) is 1. The minimum Gasteiger partial charge on any atom is -0.393 e. The van der Waals surface area contributed by atoms with Crippen molar-refractivity contribution in [3.63, 3.8) is 0 Å². The number of hydrogen-bond acceptors (Lipinski definition) is 2. The average Bonchev–Trinajstić information content (AvgIpc) is 2.39. The third-order valence-electron chi connectivity index (χ3n) is 5.76. The molecule has 2 bridgehead atoms. The zero-order chi connectivity index (χ0) is 11.6. The van der Waals surface area contributed by atoms with Gasteiger partial charge < -0.3 is 9.84 Å². The van der Waals surface area contributed by atoms with E-state index in [1.807, 2.05) is 0 Å². The maximum absolute atomic E-state index is 9.97. The Labute approximate surface area is 98.4 Å². The first kappa shape index (κ1) is 11.0. The van der Waals surface area contributed by atoms with Gasteiger partial charge in [0.25, 0.3) is 0 Å². The second kappa shape index (κ2) is 3.02. The van der Waals surface area contributed by atoms with Gasteiger partial charge in [-0.25, -0.2) is 0 Å². The van der Waals surface area contributed by atoms with Crippen molar-refractivity contribution in [3.05, 3.63) is 0 Å². The molecule has 2 nitrogen and oxygen atoms in total. The molecule has 1 saturated heterocycles. The minimum absolute atomic E-state index is 0.0168. The first-order valence-electron chi connectivity index (χ1n) is 6.75. The van der Waals surface area contributed by atoms with Gasteiger partial charge in [0.1, 0.15) is 0 Å². The highest BCUT2D eigenvalue weighted by atomic mass is 16.5. The highest BCUT2D eigenvalue weighted by Gasteiger charge is 2.63. The summed E-state index contributed by atoms with van der Waals surface area (Å²) in [7, 11) is 0. The van der Waals surface area contributed by atoms with Crippen molar-refractivity contribution in [1.29, 1.82) is 0 Å². The average molecular weight is 224 g/mol. The predicted molar refractivity (Wildman–Crippen MR) is 63.2 cm³/mol. The molecule has 16 heavy (non-hydrogen) atoms.